The minimum absolute atomic E-state index is 0.328. The van der Waals surface area contributed by atoms with E-state index in [1.54, 1.807) is 0 Å². The maximum Gasteiger partial charge on any atom is 0.154 e. The van der Waals surface area contributed by atoms with Gasteiger partial charge in [0.2, 0.25) is 0 Å². The van der Waals surface area contributed by atoms with Crippen LogP contribution in [0.1, 0.15) is 71.6 Å². The predicted octanol–water partition coefficient (Wildman–Crippen LogP) is 3.41. The van der Waals surface area contributed by atoms with E-state index in [-0.39, 0.29) is 0 Å². The summed E-state index contributed by atoms with van der Waals surface area (Å²) in [5.41, 5.74) is 0. The van der Waals surface area contributed by atoms with E-state index in [2.05, 4.69) is 12.2 Å². The molecule has 0 aromatic rings. The Labute approximate surface area is 117 Å². The number of hydrogen-bond donors (Lipinski definition) is 1. The Kier molecular flexibility index (Phi) is 7.60. The zero-order chi connectivity index (χ0) is 14.2. The molecular weight excluding hydrogens is 261 g/mol. The van der Waals surface area contributed by atoms with Gasteiger partial charge in [0, 0.05) is 0 Å². The van der Waals surface area contributed by atoms with Crippen LogP contribution in [0.5, 0.6) is 0 Å². The van der Waals surface area contributed by atoms with Crippen LogP contribution in [0.2, 0.25) is 0 Å². The van der Waals surface area contributed by atoms with Crippen LogP contribution < -0.4 is 10.2 Å². The number of unbranched alkanes of at least 4 members (excludes halogenated alkanes) is 2. The fourth-order valence-corrected chi connectivity index (χ4v) is 4.42. The SMILES string of the molecule is CCCCNC1(P(=O)([O-])OCCCC)CCCCC1. The summed E-state index contributed by atoms with van der Waals surface area (Å²) in [6, 6.07) is 0. The van der Waals surface area contributed by atoms with Gasteiger partial charge in [-0.05, 0) is 32.2 Å². The molecule has 0 radical (unpaired) electrons. The molecule has 5 heteroatoms. The molecule has 0 aromatic heterocycles. The van der Waals surface area contributed by atoms with E-state index >= 15 is 0 Å². The van der Waals surface area contributed by atoms with Gasteiger partial charge in [-0.2, -0.15) is 0 Å². The summed E-state index contributed by atoms with van der Waals surface area (Å²) in [5.74, 6) is 0. The minimum Gasteiger partial charge on any atom is -0.777 e. The largest absolute Gasteiger partial charge is 0.777 e. The molecule has 0 amide bonds. The highest BCUT2D eigenvalue weighted by Crippen LogP contribution is 2.56. The van der Waals surface area contributed by atoms with E-state index < -0.39 is 12.9 Å². The Balaban J connectivity index is 2.67. The quantitative estimate of drug-likeness (QED) is 0.522. The van der Waals surface area contributed by atoms with Gasteiger partial charge in [0.05, 0.1) is 11.9 Å². The lowest BCUT2D eigenvalue weighted by atomic mass is 9.94. The van der Waals surface area contributed by atoms with Gasteiger partial charge in [0.15, 0.2) is 7.60 Å². The molecule has 0 saturated heterocycles. The Morgan fingerprint density at radius 2 is 1.79 bits per heavy atom. The molecule has 0 aromatic carbocycles. The lowest BCUT2D eigenvalue weighted by Gasteiger charge is -2.47. The van der Waals surface area contributed by atoms with E-state index in [1.807, 2.05) is 6.92 Å². The molecule has 1 rings (SSSR count). The van der Waals surface area contributed by atoms with Crippen molar-refractivity contribution in [1.82, 2.24) is 5.32 Å². The second-order valence-electron chi connectivity index (χ2n) is 5.56. The summed E-state index contributed by atoms with van der Waals surface area (Å²) in [5, 5.41) is 2.51. The lowest BCUT2D eigenvalue weighted by Crippen LogP contribution is -2.50. The highest BCUT2D eigenvalue weighted by atomic mass is 31.2. The average molecular weight is 290 g/mol. The van der Waals surface area contributed by atoms with Crippen molar-refractivity contribution in [3.8, 4) is 0 Å². The van der Waals surface area contributed by atoms with Crippen LogP contribution in [0.25, 0.3) is 0 Å². The van der Waals surface area contributed by atoms with Gasteiger partial charge in [-0.1, -0.05) is 46.0 Å². The molecule has 1 saturated carbocycles. The van der Waals surface area contributed by atoms with Gasteiger partial charge in [0.1, 0.15) is 0 Å². The first-order valence-corrected chi connectivity index (χ1v) is 9.33. The number of hydrogen-bond acceptors (Lipinski definition) is 4. The van der Waals surface area contributed by atoms with Gasteiger partial charge in [0.25, 0.3) is 0 Å². The Morgan fingerprint density at radius 1 is 1.16 bits per heavy atom. The summed E-state index contributed by atoms with van der Waals surface area (Å²) in [6.07, 6.45) is 8.32. The molecule has 1 atom stereocenters. The molecule has 0 aliphatic heterocycles. The number of rotatable bonds is 9. The molecule has 0 spiro atoms. The number of nitrogens with one attached hydrogen (secondary N) is 1. The molecule has 114 valence electrons. The molecule has 1 N–H and O–H groups in total. The van der Waals surface area contributed by atoms with E-state index in [0.717, 1.165) is 51.5 Å². The minimum atomic E-state index is -3.83. The average Bonchev–Trinajstić information content (AvgIpc) is 2.40. The summed E-state index contributed by atoms with van der Waals surface area (Å²) in [7, 11) is -3.83. The van der Waals surface area contributed by atoms with Gasteiger partial charge in [-0.25, -0.2) is 0 Å². The van der Waals surface area contributed by atoms with E-state index in [4.69, 9.17) is 4.52 Å². The van der Waals surface area contributed by atoms with Crippen molar-refractivity contribution in [3.05, 3.63) is 0 Å². The molecule has 1 aliphatic carbocycles. The lowest BCUT2D eigenvalue weighted by molar-refractivity contribution is -0.208. The first-order valence-electron chi connectivity index (χ1n) is 7.78. The molecular formula is C14H29NO3P-. The van der Waals surface area contributed by atoms with Crippen molar-refractivity contribution < 1.29 is 14.0 Å². The van der Waals surface area contributed by atoms with Gasteiger partial charge >= 0.3 is 0 Å². The van der Waals surface area contributed by atoms with Crippen LogP contribution in [0.15, 0.2) is 0 Å². The van der Waals surface area contributed by atoms with Crippen LogP contribution in [-0.4, -0.2) is 18.4 Å². The van der Waals surface area contributed by atoms with Crippen LogP contribution in [0, 0.1) is 0 Å². The molecule has 1 fully saturated rings. The van der Waals surface area contributed by atoms with E-state index in [9.17, 15) is 9.46 Å². The van der Waals surface area contributed by atoms with Gasteiger partial charge in [-0.15, -0.1) is 0 Å². The zero-order valence-electron chi connectivity index (χ0n) is 12.5. The summed E-state index contributed by atoms with van der Waals surface area (Å²) >= 11 is 0. The monoisotopic (exact) mass is 290 g/mol. The molecule has 1 aliphatic rings. The van der Waals surface area contributed by atoms with Crippen molar-refractivity contribution in [2.24, 2.45) is 0 Å². The van der Waals surface area contributed by atoms with Crippen LogP contribution in [-0.2, 0) is 9.09 Å². The highest BCUT2D eigenvalue weighted by molar-refractivity contribution is 7.53. The highest BCUT2D eigenvalue weighted by Gasteiger charge is 2.41. The fourth-order valence-electron chi connectivity index (χ4n) is 2.63. The molecule has 0 bridgehead atoms. The smallest absolute Gasteiger partial charge is 0.154 e. The van der Waals surface area contributed by atoms with Crippen molar-refractivity contribution >= 4 is 7.60 Å². The third-order valence-corrected chi connectivity index (χ3v) is 6.12. The fraction of sp³-hybridized carbons (Fsp3) is 1.00. The van der Waals surface area contributed by atoms with Crippen LogP contribution >= 0.6 is 7.60 Å². The first kappa shape index (κ1) is 17.2. The maximum atomic E-state index is 12.5. The predicted molar refractivity (Wildman–Crippen MR) is 77.2 cm³/mol. The summed E-state index contributed by atoms with van der Waals surface area (Å²) in [6.45, 7) is 5.24. The second-order valence-corrected chi connectivity index (χ2v) is 7.67. The standard InChI is InChI=1S/C14H30NO3P/c1-3-5-12-15-14(10-8-7-9-11-14)19(16,17)18-13-6-4-2/h15H,3-13H2,1-2H3,(H,16,17)/p-1. The first-order chi connectivity index (χ1) is 9.08. The summed E-state index contributed by atoms with van der Waals surface area (Å²) in [4.78, 5) is 12.5. The summed E-state index contributed by atoms with van der Waals surface area (Å²) < 4.78 is 17.8. The molecule has 1 unspecified atom stereocenters. The van der Waals surface area contributed by atoms with E-state index in [0.29, 0.717) is 19.4 Å². The second kappa shape index (κ2) is 8.41. The Bertz CT molecular complexity index is 290. The van der Waals surface area contributed by atoms with Crippen molar-refractivity contribution in [2.75, 3.05) is 13.2 Å². The van der Waals surface area contributed by atoms with Crippen molar-refractivity contribution in [2.45, 2.75) is 76.9 Å². The van der Waals surface area contributed by atoms with Gasteiger partial charge in [-0.3, -0.25) is 0 Å². The van der Waals surface area contributed by atoms with Crippen molar-refractivity contribution in [1.29, 1.82) is 0 Å². The topological polar surface area (TPSA) is 61.4 Å². The molecule has 0 heterocycles. The normalized spacial score (nSPS) is 22.1. The Hall–Kier alpha value is 0.110. The van der Waals surface area contributed by atoms with Gasteiger partial charge < -0.3 is 19.3 Å². The zero-order valence-corrected chi connectivity index (χ0v) is 13.3. The third-order valence-electron chi connectivity index (χ3n) is 3.95. The van der Waals surface area contributed by atoms with Crippen LogP contribution in [0.4, 0.5) is 0 Å². The van der Waals surface area contributed by atoms with E-state index in [1.165, 1.54) is 0 Å². The van der Waals surface area contributed by atoms with Crippen LogP contribution in [0.3, 0.4) is 0 Å². The van der Waals surface area contributed by atoms with Crippen molar-refractivity contribution in [3.63, 3.8) is 0 Å². The molecule has 19 heavy (non-hydrogen) atoms. The Morgan fingerprint density at radius 3 is 2.37 bits per heavy atom. The molecule has 4 nitrogen and oxygen atoms in total. The maximum absolute atomic E-state index is 12.5. The third kappa shape index (κ3) is 4.86.